The van der Waals surface area contributed by atoms with E-state index in [9.17, 15) is 9.59 Å². The molecule has 5 heteroatoms. The molecule has 0 unspecified atom stereocenters. The molecule has 1 saturated heterocycles. The molecule has 5 rings (SSSR count). The normalized spacial score (nSPS) is 42.9. The van der Waals surface area contributed by atoms with E-state index in [-0.39, 0.29) is 35.6 Å². The van der Waals surface area contributed by atoms with Crippen molar-refractivity contribution in [2.24, 2.45) is 22.7 Å². The van der Waals surface area contributed by atoms with Crippen molar-refractivity contribution < 1.29 is 23.2 Å². The maximum Gasteiger partial charge on any atom is 0.206 e. The van der Waals surface area contributed by atoms with Gasteiger partial charge in [-0.2, -0.15) is 0 Å². The summed E-state index contributed by atoms with van der Waals surface area (Å²) in [7, 11) is 0. The Kier molecular flexibility index (Phi) is 2.23. The van der Waals surface area contributed by atoms with Crippen molar-refractivity contribution in [2.45, 2.75) is 26.1 Å². The van der Waals surface area contributed by atoms with Gasteiger partial charge in [0.2, 0.25) is 11.6 Å². The Balaban J connectivity index is 1.42. The van der Waals surface area contributed by atoms with E-state index < -0.39 is 10.8 Å². The van der Waals surface area contributed by atoms with E-state index in [1.165, 1.54) is 12.5 Å². The number of fused-ring (bicyclic) bond motifs is 3. The van der Waals surface area contributed by atoms with Gasteiger partial charge in [0.15, 0.2) is 11.5 Å². The predicted molar refractivity (Wildman–Crippen MR) is 77.9 cm³/mol. The molecule has 2 saturated carbocycles. The summed E-state index contributed by atoms with van der Waals surface area (Å²) < 4.78 is 16.5. The number of ketones is 2. The Labute approximate surface area is 132 Å². The lowest BCUT2D eigenvalue weighted by molar-refractivity contribution is 0.0492. The molecule has 2 aromatic rings. The van der Waals surface area contributed by atoms with Crippen molar-refractivity contribution in [3.8, 4) is 0 Å². The standard InChI is InChI=1S/C18H16O5/c1-17(13(19)9-5-3-7-21-9)11-12-16(23-15(11)17)18(12,2)14(20)10-6-4-8-22-10/h3-8,11-12,15-16H,1-2H3/t11-,12-,15+,16+,17-,18-/m0/s1. The van der Waals surface area contributed by atoms with Crippen molar-refractivity contribution in [2.75, 3.05) is 0 Å². The second-order valence-corrected chi connectivity index (χ2v) is 7.21. The van der Waals surface area contributed by atoms with Gasteiger partial charge in [-0.25, -0.2) is 0 Å². The van der Waals surface area contributed by atoms with E-state index >= 15 is 0 Å². The Hall–Kier alpha value is -2.14. The zero-order valence-electron chi connectivity index (χ0n) is 12.8. The van der Waals surface area contributed by atoms with Gasteiger partial charge < -0.3 is 13.6 Å². The Morgan fingerprint density at radius 2 is 1.30 bits per heavy atom. The first kappa shape index (κ1) is 13.3. The first-order valence-electron chi connectivity index (χ1n) is 7.82. The summed E-state index contributed by atoms with van der Waals surface area (Å²) >= 11 is 0. The molecule has 0 spiro atoms. The maximum atomic E-state index is 12.7. The maximum absolute atomic E-state index is 12.7. The summed E-state index contributed by atoms with van der Waals surface area (Å²) in [5, 5.41) is 0. The van der Waals surface area contributed by atoms with E-state index in [2.05, 4.69) is 0 Å². The summed E-state index contributed by atoms with van der Waals surface area (Å²) in [6.07, 6.45) is 2.79. The lowest BCUT2D eigenvalue weighted by Crippen LogP contribution is -2.22. The largest absolute Gasteiger partial charge is 0.461 e. The average molecular weight is 312 g/mol. The van der Waals surface area contributed by atoms with E-state index in [0.29, 0.717) is 11.5 Å². The van der Waals surface area contributed by atoms with Crippen LogP contribution in [0.4, 0.5) is 0 Å². The lowest BCUT2D eigenvalue weighted by atomic mass is 9.91. The number of rotatable bonds is 4. The van der Waals surface area contributed by atoms with Crippen LogP contribution in [0.3, 0.4) is 0 Å². The first-order valence-corrected chi connectivity index (χ1v) is 7.82. The van der Waals surface area contributed by atoms with Crippen LogP contribution in [-0.2, 0) is 4.74 Å². The summed E-state index contributed by atoms with van der Waals surface area (Å²) in [6.45, 7) is 3.83. The van der Waals surface area contributed by atoms with Crippen LogP contribution in [0.2, 0.25) is 0 Å². The van der Waals surface area contributed by atoms with Gasteiger partial charge in [-0.1, -0.05) is 0 Å². The molecule has 2 aromatic heterocycles. The zero-order chi connectivity index (χ0) is 16.0. The molecular weight excluding hydrogens is 296 g/mol. The van der Waals surface area contributed by atoms with Gasteiger partial charge >= 0.3 is 0 Å². The predicted octanol–water partition coefficient (Wildman–Crippen LogP) is 2.98. The molecule has 1 aliphatic heterocycles. The van der Waals surface area contributed by atoms with Crippen molar-refractivity contribution in [1.82, 2.24) is 0 Å². The molecule has 0 radical (unpaired) electrons. The highest BCUT2D eigenvalue weighted by atomic mass is 16.5. The number of carbonyl (C=O) groups excluding carboxylic acids is 2. The van der Waals surface area contributed by atoms with Crippen molar-refractivity contribution in [1.29, 1.82) is 0 Å². The highest BCUT2D eigenvalue weighted by Gasteiger charge is 2.88. The minimum Gasteiger partial charge on any atom is -0.461 e. The molecular formula is C18H16O5. The van der Waals surface area contributed by atoms with E-state index in [0.717, 1.165) is 0 Å². The van der Waals surface area contributed by atoms with E-state index in [1.54, 1.807) is 24.3 Å². The molecule has 0 aromatic carbocycles. The van der Waals surface area contributed by atoms with Crippen LogP contribution in [0.15, 0.2) is 45.6 Å². The van der Waals surface area contributed by atoms with E-state index in [4.69, 9.17) is 13.6 Å². The lowest BCUT2D eigenvalue weighted by Gasteiger charge is -2.11. The summed E-state index contributed by atoms with van der Waals surface area (Å²) in [4.78, 5) is 25.4. The number of hydrogen-bond acceptors (Lipinski definition) is 5. The zero-order valence-corrected chi connectivity index (χ0v) is 12.8. The van der Waals surface area contributed by atoms with Crippen LogP contribution in [0.5, 0.6) is 0 Å². The molecule has 0 N–H and O–H groups in total. The Morgan fingerprint density at radius 1 is 0.870 bits per heavy atom. The Morgan fingerprint density at radius 3 is 1.65 bits per heavy atom. The molecule has 2 aliphatic carbocycles. The van der Waals surface area contributed by atoms with Crippen molar-refractivity contribution in [3.63, 3.8) is 0 Å². The molecule has 23 heavy (non-hydrogen) atoms. The minimum absolute atomic E-state index is 0.0318. The van der Waals surface area contributed by atoms with Crippen LogP contribution in [-0.4, -0.2) is 23.8 Å². The molecule has 0 bridgehead atoms. The van der Waals surface area contributed by atoms with Crippen LogP contribution in [0, 0.1) is 22.7 Å². The SMILES string of the molecule is C[C@@]1(C(=O)c2ccco2)[C@H]2[C@H]3[C@@H](O[C@H]21)[C@]3(C)C(=O)c1ccco1. The molecule has 3 aliphatic rings. The Bertz CT molecular complexity index is 736. The topological polar surface area (TPSA) is 69.7 Å². The fourth-order valence-corrected chi connectivity index (χ4v) is 4.65. The molecule has 118 valence electrons. The van der Waals surface area contributed by atoms with Gasteiger partial charge in [-0.15, -0.1) is 0 Å². The summed E-state index contributed by atoms with van der Waals surface area (Å²) in [6, 6.07) is 6.78. The van der Waals surface area contributed by atoms with Gasteiger partial charge in [0.05, 0.1) is 35.6 Å². The van der Waals surface area contributed by atoms with Crippen LogP contribution < -0.4 is 0 Å². The molecule has 5 nitrogen and oxygen atoms in total. The van der Waals surface area contributed by atoms with Gasteiger partial charge in [0.25, 0.3) is 0 Å². The van der Waals surface area contributed by atoms with Gasteiger partial charge in [0.1, 0.15) is 0 Å². The fourth-order valence-electron chi connectivity index (χ4n) is 4.65. The third-order valence-corrected chi connectivity index (χ3v) is 6.15. The van der Waals surface area contributed by atoms with Gasteiger partial charge in [-0.3, -0.25) is 9.59 Å². The highest BCUT2D eigenvalue weighted by Crippen LogP contribution is 2.79. The second-order valence-electron chi connectivity index (χ2n) is 7.21. The summed E-state index contributed by atoms with van der Waals surface area (Å²) in [5.41, 5.74) is -1.17. The molecule has 6 atom stereocenters. The van der Waals surface area contributed by atoms with Crippen LogP contribution >= 0.6 is 0 Å². The number of hydrogen-bond donors (Lipinski definition) is 0. The number of furan rings is 2. The van der Waals surface area contributed by atoms with Gasteiger partial charge in [-0.05, 0) is 38.1 Å². The number of ether oxygens (including phenoxy) is 1. The quantitative estimate of drug-likeness (QED) is 0.812. The summed E-state index contributed by atoms with van der Waals surface area (Å²) in [5.74, 6) is 0.817. The number of carbonyl (C=O) groups is 2. The average Bonchev–Trinajstić information content (AvgIpc) is 3.15. The monoisotopic (exact) mass is 312 g/mol. The minimum atomic E-state index is -0.583. The van der Waals surface area contributed by atoms with Crippen LogP contribution in [0.25, 0.3) is 0 Å². The molecule has 3 fully saturated rings. The first-order chi connectivity index (χ1) is 11.0. The highest BCUT2D eigenvalue weighted by molar-refractivity contribution is 6.04. The third kappa shape index (κ3) is 1.38. The van der Waals surface area contributed by atoms with Crippen molar-refractivity contribution in [3.05, 3.63) is 48.3 Å². The molecule has 0 amide bonds. The molecule has 3 heterocycles. The number of Topliss-reactive ketones (excluding diaryl/α,β-unsaturated/α-hetero) is 2. The second kappa shape index (κ2) is 3.85. The van der Waals surface area contributed by atoms with Gasteiger partial charge in [0, 0.05) is 11.8 Å². The smallest absolute Gasteiger partial charge is 0.206 e. The van der Waals surface area contributed by atoms with Crippen LogP contribution in [0.1, 0.15) is 35.0 Å². The third-order valence-electron chi connectivity index (χ3n) is 6.15. The van der Waals surface area contributed by atoms with Crippen molar-refractivity contribution >= 4 is 11.6 Å². The fraction of sp³-hybridized carbons (Fsp3) is 0.444. The van der Waals surface area contributed by atoms with E-state index in [1.807, 2.05) is 13.8 Å².